The minimum absolute atomic E-state index is 0.0123. The van der Waals surface area contributed by atoms with Crippen LogP contribution < -0.4 is 38.9 Å². The molecule has 1 saturated heterocycles. The van der Waals surface area contributed by atoms with E-state index in [9.17, 15) is 19.2 Å². The number of carbonyl (C=O) groups is 4. The van der Waals surface area contributed by atoms with Gasteiger partial charge in [-0.1, -0.05) is 80.1 Å². The number of carbonyl (C=O) groups excluding carboxylic acids is 4. The highest BCUT2D eigenvalue weighted by molar-refractivity contribution is 5.95. The summed E-state index contributed by atoms with van der Waals surface area (Å²) in [6.07, 6.45) is 5.90. The fourth-order valence-electron chi connectivity index (χ4n) is 6.29. The summed E-state index contributed by atoms with van der Waals surface area (Å²) < 4.78 is 0. The summed E-state index contributed by atoms with van der Waals surface area (Å²) in [6, 6.07) is 14.9. The Morgan fingerprint density at radius 2 is 1.38 bits per heavy atom. The van der Waals surface area contributed by atoms with Gasteiger partial charge in [-0.05, 0) is 74.5 Å². The van der Waals surface area contributed by atoms with Crippen LogP contribution in [0, 0.1) is 11.3 Å². The Morgan fingerprint density at radius 1 is 0.792 bits per heavy atom. The lowest BCUT2D eigenvalue weighted by Gasteiger charge is -2.29. The monoisotopic (exact) mass is 730 g/mol. The van der Waals surface area contributed by atoms with Gasteiger partial charge in [-0.2, -0.15) is 0 Å². The molecule has 0 aliphatic carbocycles. The van der Waals surface area contributed by atoms with Crippen molar-refractivity contribution in [3.8, 4) is 0 Å². The SMILES string of the molecule is CC(C)C[C@@H](NC(=O)[C@@H](Cc1ccccc1)NC(=O)[C@H](N)Cc1ccccc1)C(=O)N[C@H](CCCCN=C(N)N)C(=O)N1CCC/C(=C\C(=N)N)CC1. The topological polar surface area (TPSA) is 248 Å². The molecule has 1 fully saturated rings. The molecule has 0 spiro atoms. The summed E-state index contributed by atoms with van der Waals surface area (Å²) in [7, 11) is 0. The van der Waals surface area contributed by atoms with Crippen molar-refractivity contribution in [2.45, 2.75) is 95.8 Å². The number of amidine groups is 1. The molecule has 1 aliphatic rings. The standard InChI is InChI=1S/C39H58N10O4/c1-26(2)22-32(48-37(52)33(24-28-14-7-4-8-15-28)47-35(50)30(40)23-27-12-5-3-6-13-27)36(51)46-31(17-9-10-19-45-39(43)44)38(53)49-20-11-16-29(18-21-49)25-34(41)42/h3-8,12-15,25-26,30-33H,9-11,16-24,40H2,1-2H3,(H3,41,42)(H,46,51)(H,47,50)(H,48,52)(H4,43,44,45)/b29-25+/t30-,31-,32-,33-/m1/s1. The lowest BCUT2D eigenvalue weighted by atomic mass is 9.99. The highest BCUT2D eigenvalue weighted by Gasteiger charge is 2.32. The first-order valence-corrected chi connectivity index (χ1v) is 18.4. The normalized spacial score (nSPS) is 16.1. The van der Waals surface area contributed by atoms with Crippen molar-refractivity contribution in [1.29, 1.82) is 5.41 Å². The van der Waals surface area contributed by atoms with Crippen molar-refractivity contribution in [1.82, 2.24) is 20.9 Å². The van der Waals surface area contributed by atoms with Gasteiger partial charge in [0.2, 0.25) is 23.6 Å². The first-order valence-electron chi connectivity index (χ1n) is 18.4. The fourth-order valence-corrected chi connectivity index (χ4v) is 6.29. The second-order valence-corrected chi connectivity index (χ2v) is 14.0. The van der Waals surface area contributed by atoms with Gasteiger partial charge in [0.1, 0.15) is 24.0 Å². The van der Waals surface area contributed by atoms with E-state index in [2.05, 4.69) is 20.9 Å². The van der Waals surface area contributed by atoms with E-state index < -0.39 is 41.9 Å². The predicted molar refractivity (Wildman–Crippen MR) is 208 cm³/mol. The average molecular weight is 731 g/mol. The molecule has 0 aromatic heterocycles. The van der Waals surface area contributed by atoms with E-state index in [4.69, 9.17) is 28.3 Å². The lowest BCUT2D eigenvalue weighted by Crippen LogP contribution is -2.58. The van der Waals surface area contributed by atoms with E-state index >= 15 is 0 Å². The molecule has 0 unspecified atom stereocenters. The molecule has 1 aliphatic heterocycles. The molecule has 4 amide bonds. The van der Waals surface area contributed by atoms with Crippen LogP contribution in [0.3, 0.4) is 0 Å². The summed E-state index contributed by atoms with van der Waals surface area (Å²) in [5, 5.41) is 16.3. The number of aliphatic imine (C=N–C) groups is 1. The number of benzene rings is 2. The maximum Gasteiger partial charge on any atom is 0.245 e. The molecule has 12 N–H and O–H groups in total. The second kappa shape index (κ2) is 22.0. The average Bonchev–Trinajstić information content (AvgIpc) is 3.35. The van der Waals surface area contributed by atoms with Crippen LogP contribution in [-0.2, 0) is 32.0 Å². The van der Waals surface area contributed by atoms with Crippen molar-refractivity contribution < 1.29 is 19.2 Å². The molecular formula is C39H58N10O4. The minimum Gasteiger partial charge on any atom is -0.384 e. The molecule has 0 saturated carbocycles. The molecule has 0 bridgehead atoms. The van der Waals surface area contributed by atoms with Crippen molar-refractivity contribution in [2.24, 2.45) is 33.8 Å². The van der Waals surface area contributed by atoms with Crippen molar-refractivity contribution in [3.05, 3.63) is 83.4 Å². The summed E-state index contributed by atoms with van der Waals surface area (Å²) in [5.74, 6) is -1.76. The Balaban J connectivity index is 1.80. The Labute approximate surface area is 313 Å². The zero-order valence-electron chi connectivity index (χ0n) is 31.1. The maximum absolute atomic E-state index is 14.0. The van der Waals surface area contributed by atoms with Gasteiger partial charge in [-0.25, -0.2) is 0 Å². The van der Waals surface area contributed by atoms with Crippen LogP contribution in [0.25, 0.3) is 0 Å². The molecule has 2 aromatic rings. The Bertz CT molecular complexity index is 1560. The third kappa shape index (κ3) is 15.5. The number of hydrogen-bond donors (Lipinski definition) is 8. The summed E-state index contributed by atoms with van der Waals surface area (Å²) in [4.78, 5) is 61.1. The molecule has 53 heavy (non-hydrogen) atoms. The first-order chi connectivity index (χ1) is 25.3. The molecule has 14 heteroatoms. The number of likely N-dealkylation sites (tertiary alicyclic amines) is 1. The van der Waals surface area contributed by atoms with Gasteiger partial charge < -0.3 is 43.8 Å². The Hall–Kier alpha value is -5.24. The number of unbranched alkanes of at least 4 members (excludes halogenated alkanes) is 1. The zero-order chi connectivity index (χ0) is 38.8. The Kier molecular flexibility index (Phi) is 17.5. The molecular weight excluding hydrogens is 672 g/mol. The molecule has 14 nitrogen and oxygen atoms in total. The van der Waals surface area contributed by atoms with E-state index in [1.807, 2.05) is 74.5 Å². The Morgan fingerprint density at radius 3 is 1.98 bits per heavy atom. The number of hydrogen-bond acceptors (Lipinski definition) is 7. The quantitative estimate of drug-likeness (QED) is 0.0598. The molecule has 1 heterocycles. The van der Waals surface area contributed by atoms with Crippen LogP contribution in [0.2, 0.25) is 0 Å². The van der Waals surface area contributed by atoms with Gasteiger partial charge in [0, 0.05) is 26.1 Å². The summed E-state index contributed by atoms with van der Waals surface area (Å²) in [6.45, 7) is 5.18. The summed E-state index contributed by atoms with van der Waals surface area (Å²) >= 11 is 0. The minimum atomic E-state index is -1.02. The third-order valence-corrected chi connectivity index (χ3v) is 9.00. The molecule has 2 aromatic carbocycles. The van der Waals surface area contributed by atoms with Crippen LogP contribution in [0.5, 0.6) is 0 Å². The number of guanidine groups is 1. The van der Waals surface area contributed by atoms with Crippen LogP contribution in [-0.4, -0.2) is 84.1 Å². The van der Waals surface area contributed by atoms with Crippen molar-refractivity contribution >= 4 is 35.4 Å². The number of nitrogens with zero attached hydrogens (tertiary/aromatic N) is 2. The van der Waals surface area contributed by atoms with E-state index in [0.29, 0.717) is 58.2 Å². The van der Waals surface area contributed by atoms with Crippen LogP contribution >= 0.6 is 0 Å². The van der Waals surface area contributed by atoms with E-state index in [1.54, 1.807) is 11.0 Å². The summed E-state index contributed by atoms with van der Waals surface area (Å²) in [5.41, 5.74) is 25.5. The van der Waals surface area contributed by atoms with E-state index in [-0.39, 0.29) is 36.5 Å². The maximum atomic E-state index is 14.0. The van der Waals surface area contributed by atoms with E-state index in [1.165, 1.54) is 0 Å². The highest BCUT2D eigenvalue weighted by atomic mass is 16.2. The molecule has 0 radical (unpaired) electrons. The third-order valence-electron chi connectivity index (χ3n) is 9.00. The highest BCUT2D eigenvalue weighted by Crippen LogP contribution is 2.19. The van der Waals surface area contributed by atoms with Crippen molar-refractivity contribution in [3.63, 3.8) is 0 Å². The van der Waals surface area contributed by atoms with Crippen LogP contribution in [0.15, 0.2) is 77.3 Å². The number of nitrogens with one attached hydrogen (secondary N) is 4. The van der Waals surface area contributed by atoms with E-state index in [0.717, 1.165) is 23.1 Å². The smallest absolute Gasteiger partial charge is 0.245 e. The van der Waals surface area contributed by atoms with Gasteiger partial charge >= 0.3 is 0 Å². The lowest BCUT2D eigenvalue weighted by molar-refractivity contribution is -0.138. The van der Waals surface area contributed by atoms with Crippen LogP contribution in [0.4, 0.5) is 0 Å². The predicted octanol–water partition coefficient (Wildman–Crippen LogP) is 1.62. The molecule has 288 valence electrons. The van der Waals surface area contributed by atoms with Gasteiger partial charge in [0.25, 0.3) is 0 Å². The number of nitrogens with two attached hydrogens (primary N) is 4. The zero-order valence-corrected chi connectivity index (χ0v) is 31.1. The molecule has 3 rings (SSSR count). The van der Waals surface area contributed by atoms with Gasteiger partial charge in [0.05, 0.1) is 6.04 Å². The first kappa shape index (κ1) is 42.2. The van der Waals surface area contributed by atoms with Crippen LogP contribution in [0.1, 0.15) is 69.9 Å². The van der Waals surface area contributed by atoms with Gasteiger partial charge in [0.15, 0.2) is 5.96 Å². The second-order valence-electron chi connectivity index (χ2n) is 14.0. The largest absolute Gasteiger partial charge is 0.384 e. The number of rotatable bonds is 19. The molecule has 4 atom stereocenters. The van der Waals surface area contributed by atoms with Gasteiger partial charge in [-0.15, -0.1) is 0 Å². The van der Waals surface area contributed by atoms with Crippen molar-refractivity contribution in [2.75, 3.05) is 19.6 Å². The fraction of sp³-hybridized carbons (Fsp3) is 0.487. The number of amides is 4. The van der Waals surface area contributed by atoms with Gasteiger partial charge in [-0.3, -0.25) is 29.6 Å².